The molecule has 0 atom stereocenters. The summed E-state index contributed by atoms with van der Waals surface area (Å²) in [5.41, 5.74) is 7.30. The Morgan fingerprint density at radius 3 is 2.67 bits per heavy atom. The molecule has 0 spiro atoms. The maximum Gasteiger partial charge on any atom is 0.252 e. The van der Waals surface area contributed by atoms with Gasteiger partial charge < -0.3 is 10.8 Å². The number of phenolic OH excluding ortho intramolecular Hbond substituents is 1. The molecule has 0 unspecified atom stereocenters. The highest BCUT2D eigenvalue weighted by Gasteiger charge is 2.09. The van der Waals surface area contributed by atoms with Crippen molar-refractivity contribution in [1.82, 2.24) is 19.6 Å². The zero-order valence-corrected chi connectivity index (χ0v) is 9.48. The number of aromatic hydroxyl groups is 1. The SMILES string of the molecule is NCc1ccnc2nc(-c3ccc(O)cc3)nn12. The predicted octanol–water partition coefficient (Wildman–Crippen LogP) is 0.956. The molecule has 0 aliphatic carbocycles. The maximum atomic E-state index is 9.25. The van der Waals surface area contributed by atoms with Gasteiger partial charge in [0.2, 0.25) is 0 Å². The summed E-state index contributed by atoms with van der Waals surface area (Å²) >= 11 is 0. The summed E-state index contributed by atoms with van der Waals surface area (Å²) in [4.78, 5) is 8.46. The Bertz CT molecular complexity index is 689. The third-order valence-corrected chi connectivity index (χ3v) is 2.65. The molecule has 18 heavy (non-hydrogen) atoms. The number of hydrogen-bond acceptors (Lipinski definition) is 5. The van der Waals surface area contributed by atoms with E-state index in [1.807, 2.05) is 6.07 Å². The summed E-state index contributed by atoms with van der Waals surface area (Å²) in [6, 6.07) is 8.51. The first kappa shape index (κ1) is 10.7. The van der Waals surface area contributed by atoms with Crippen LogP contribution in [0.1, 0.15) is 5.69 Å². The lowest BCUT2D eigenvalue weighted by Crippen LogP contribution is -2.05. The number of benzene rings is 1. The minimum absolute atomic E-state index is 0.211. The third-order valence-electron chi connectivity index (χ3n) is 2.65. The van der Waals surface area contributed by atoms with Crippen molar-refractivity contribution in [2.45, 2.75) is 6.54 Å². The summed E-state index contributed by atoms with van der Waals surface area (Å²) < 4.78 is 1.63. The van der Waals surface area contributed by atoms with Crippen molar-refractivity contribution in [1.29, 1.82) is 0 Å². The van der Waals surface area contributed by atoms with E-state index in [1.54, 1.807) is 35.0 Å². The first-order valence-corrected chi connectivity index (χ1v) is 5.48. The normalized spacial score (nSPS) is 10.9. The van der Waals surface area contributed by atoms with Crippen LogP contribution >= 0.6 is 0 Å². The molecule has 6 heteroatoms. The number of phenols is 1. The number of nitrogens with two attached hydrogens (primary N) is 1. The highest BCUT2D eigenvalue weighted by molar-refractivity contribution is 5.57. The fraction of sp³-hybridized carbons (Fsp3) is 0.0833. The summed E-state index contributed by atoms with van der Waals surface area (Å²) in [6.45, 7) is 0.372. The van der Waals surface area contributed by atoms with Crippen molar-refractivity contribution >= 4 is 5.78 Å². The third kappa shape index (κ3) is 1.68. The summed E-state index contributed by atoms with van der Waals surface area (Å²) in [6.07, 6.45) is 1.66. The van der Waals surface area contributed by atoms with Crippen LogP contribution in [0.25, 0.3) is 17.2 Å². The fourth-order valence-corrected chi connectivity index (χ4v) is 1.73. The highest BCUT2D eigenvalue weighted by Crippen LogP contribution is 2.19. The highest BCUT2D eigenvalue weighted by atomic mass is 16.3. The van der Waals surface area contributed by atoms with Crippen LogP contribution in [0.15, 0.2) is 36.5 Å². The standard InChI is InChI=1S/C12H11N5O/c13-7-9-5-6-14-12-15-11(16-17(9)12)8-1-3-10(18)4-2-8/h1-6,18H,7,13H2. The Hall–Kier alpha value is -2.47. The number of aromatic nitrogens is 4. The molecule has 1 aromatic carbocycles. The van der Waals surface area contributed by atoms with Gasteiger partial charge >= 0.3 is 0 Å². The molecule has 0 bridgehead atoms. The molecule has 3 rings (SSSR count). The van der Waals surface area contributed by atoms with Crippen molar-refractivity contribution < 1.29 is 5.11 Å². The molecule has 0 aliphatic rings. The molecule has 90 valence electrons. The van der Waals surface area contributed by atoms with Crippen LogP contribution in [0.5, 0.6) is 5.75 Å². The molecule has 3 N–H and O–H groups in total. The smallest absolute Gasteiger partial charge is 0.252 e. The van der Waals surface area contributed by atoms with E-state index in [0.717, 1.165) is 11.3 Å². The van der Waals surface area contributed by atoms with Crippen molar-refractivity contribution in [2.24, 2.45) is 5.73 Å². The van der Waals surface area contributed by atoms with Gasteiger partial charge in [0, 0.05) is 18.3 Å². The van der Waals surface area contributed by atoms with E-state index in [-0.39, 0.29) is 5.75 Å². The number of hydrogen-bond donors (Lipinski definition) is 2. The van der Waals surface area contributed by atoms with Crippen molar-refractivity contribution in [3.8, 4) is 17.1 Å². The van der Waals surface area contributed by atoms with Crippen LogP contribution in [0.2, 0.25) is 0 Å². The summed E-state index contributed by atoms with van der Waals surface area (Å²) in [5, 5.41) is 13.6. The first-order chi connectivity index (χ1) is 8.78. The van der Waals surface area contributed by atoms with Gasteiger partial charge in [0.25, 0.3) is 5.78 Å². The van der Waals surface area contributed by atoms with E-state index in [9.17, 15) is 5.11 Å². The Morgan fingerprint density at radius 1 is 1.17 bits per heavy atom. The van der Waals surface area contributed by atoms with E-state index < -0.39 is 0 Å². The van der Waals surface area contributed by atoms with Crippen LogP contribution in [0.4, 0.5) is 0 Å². The lowest BCUT2D eigenvalue weighted by atomic mass is 10.2. The van der Waals surface area contributed by atoms with Crippen molar-refractivity contribution in [2.75, 3.05) is 0 Å². The van der Waals surface area contributed by atoms with Gasteiger partial charge in [-0.15, -0.1) is 5.10 Å². The second-order valence-corrected chi connectivity index (χ2v) is 3.83. The second kappa shape index (κ2) is 4.08. The first-order valence-electron chi connectivity index (χ1n) is 5.48. The van der Waals surface area contributed by atoms with E-state index in [4.69, 9.17) is 5.73 Å². The van der Waals surface area contributed by atoms with E-state index in [2.05, 4.69) is 15.1 Å². The quantitative estimate of drug-likeness (QED) is 0.697. The average Bonchev–Trinajstić information content (AvgIpc) is 2.83. The minimum atomic E-state index is 0.211. The lowest BCUT2D eigenvalue weighted by Gasteiger charge is -1.97. The molecule has 0 amide bonds. The van der Waals surface area contributed by atoms with Crippen LogP contribution in [-0.2, 0) is 6.54 Å². The van der Waals surface area contributed by atoms with Gasteiger partial charge in [0.1, 0.15) is 5.75 Å². The Kier molecular flexibility index (Phi) is 2.42. The topological polar surface area (TPSA) is 89.3 Å². The van der Waals surface area contributed by atoms with E-state index in [0.29, 0.717) is 18.1 Å². The van der Waals surface area contributed by atoms with Gasteiger partial charge in [-0.25, -0.2) is 4.98 Å². The van der Waals surface area contributed by atoms with Crippen molar-refractivity contribution in [3.63, 3.8) is 0 Å². The van der Waals surface area contributed by atoms with Gasteiger partial charge in [0.15, 0.2) is 5.82 Å². The van der Waals surface area contributed by atoms with Crippen LogP contribution in [0.3, 0.4) is 0 Å². The predicted molar refractivity (Wildman–Crippen MR) is 65.8 cm³/mol. The largest absolute Gasteiger partial charge is 0.508 e. The number of fused-ring (bicyclic) bond motifs is 1. The maximum absolute atomic E-state index is 9.25. The van der Waals surface area contributed by atoms with Crippen LogP contribution in [0, 0.1) is 0 Å². The van der Waals surface area contributed by atoms with Crippen molar-refractivity contribution in [3.05, 3.63) is 42.2 Å². The molecule has 0 saturated carbocycles. The van der Waals surface area contributed by atoms with Gasteiger partial charge in [-0.1, -0.05) is 0 Å². The number of rotatable bonds is 2. The van der Waals surface area contributed by atoms with E-state index >= 15 is 0 Å². The Labute approximate surface area is 103 Å². The molecule has 6 nitrogen and oxygen atoms in total. The van der Waals surface area contributed by atoms with Crippen LogP contribution in [-0.4, -0.2) is 24.7 Å². The van der Waals surface area contributed by atoms with Gasteiger partial charge in [-0.2, -0.15) is 9.50 Å². The molecule has 0 saturated heterocycles. The molecular formula is C12H11N5O. The Balaban J connectivity index is 2.16. The van der Waals surface area contributed by atoms with Gasteiger partial charge in [0.05, 0.1) is 5.69 Å². The molecule has 0 aliphatic heterocycles. The molecule has 2 aromatic heterocycles. The van der Waals surface area contributed by atoms with E-state index in [1.165, 1.54) is 0 Å². The minimum Gasteiger partial charge on any atom is -0.508 e. The molecule has 0 fully saturated rings. The number of nitrogens with zero attached hydrogens (tertiary/aromatic N) is 4. The van der Waals surface area contributed by atoms with Gasteiger partial charge in [-0.3, -0.25) is 0 Å². The van der Waals surface area contributed by atoms with Crippen LogP contribution < -0.4 is 5.73 Å². The zero-order valence-electron chi connectivity index (χ0n) is 9.48. The lowest BCUT2D eigenvalue weighted by molar-refractivity contribution is 0.475. The average molecular weight is 241 g/mol. The summed E-state index contributed by atoms with van der Waals surface area (Å²) in [7, 11) is 0. The van der Waals surface area contributed by atoms with Gasteiger partial charge in [-0.05, 0) is 30.3 Å². The molecule has 0 radical (unpaired) electrons. The Morgan fingerprint density at radius 2 is 1.94 bits per heavy atom. The molecule has 2 heterocycles. The molecule has 3 aromatic rings. The zero-order chi connectivity index (χ0) is 12.5. The molecular weight excluding hydrogens is 230 g/mol. The fourth-order valence-electron chi connectivity index (χ4n) is 1.73. The monoisotopic (exact) mass is 241 g/mol. The summed E-state index contributed by atoms with van der Waals surface area (Å²) in [5.74, 6) is 1.28. The second-order valence-electron chi connectivity index (χ2n) is 3.83.